The summed E-state index contributed by atoms with van der Waals surface area (Å²) in [7, 11) is 1.32. The van der Waals surface area contributed by atoms with Crippen LogP contribution in [-0.4, -0.2) is 19.0 Å². The SMILES string of the molecule is C#CCc1ccc(COC(=O)C2C(C=CC(=O)OC)C2(C)C)cc1. The number of terminal acetylenes is 1. The van der Waals surface area contributed by atoms with Gasteiger partial charge in [0.1, 0.15) is 6.61 Å². The van der Waals surface area contributed by atoms with Crippen molar-refractivity contribution in [3.05, 3.63) is 47.5 Å². The fraction of sp³-hybridized carbons (Fsp3) is 0.400. The van der Waals surface area contributed by atoms with E-state index in [4.69, 9.17) is 11.2 Å². The fourth-order valence-electron chi connectivity index (χ4n) is 2.85. The Labute approximate surface area is 142 Å². The Morgan fingerprint density at radius 1 is 1.25 bits per heavy atom. The number of hydrogen-bond acceptors (Lipinski definition) is 4. The summed E-state index contributed by atoms with van der Waals surface area (Å²) in [6.45, 7) is 4.20. The Morgan fingerprint density at radius 3 is 2.46 bits per heavy atom. The van der Waals surface area contributed by atoms with Crippen LogP contribution in [0.5, 0.6) is 0 Å². The second-order valence-electron chi connectivity index (χ2n) is 6.51. The zero-order valence-corrected chi connectivity index (χ0v) is 14.2. The predicted octanol–water partition coefficient (Wildman–Crippen LogP) is 2.91. The van der Waals surface area contributed by atoms with Gasteiger partial charge in [-0.3, -0.25) is 4.79 Å². The number of esters is 2. The number of carbonyl (C=O) groups is 2. The van der Waals surface area contributed by atoms with E-state index in [1.165, 1.54) is 13.2 Å². The minimum atomic E-state index is -0.420. The van der Waals surface area contributed by atoms with E-state index in [2.05, 4.69) is 10.7 Å². The zero-order chi connectivity index (χ0) is 17.7. The van der Waals surface area contributed by atoms with Crippen molar-refractivity contribution < 1.29 is 19.1 Å². The van der Waals surface area contributed by atoms with Crippen LogP contribution in [0.4, 0.5) is 0 Å². The van der Waals surface area contributed by atoms with Gasteiger partial charge in [-0.1, -0.05) is 44.2 Å². The van der Waals surface area contributed by atoms with Gasteiger partial charge in [-0.15, -0.1) is 12.3 Å². The van der Waals surface area contributed by atoms with Crippen molar-refractivity contribution in [3.63, 3.8) is 0 Å². The molecule has 2 atom stereocenters. The highest BCUT2D eigenvalue weighted by Crippen LogP contribution is 2.59. The molecule has 0 N–H and O–H groups in total. The molecule has 1 aromatic carbocycles. The number of hydrogen-bond donors (Lipinski definition) is 0. The number of allylic oxidation sites excluding steroid dienone is 1. The van der Waals surface area contributed by atoms with E-state index in [1.807, 2.05) is 38.1 Å². The Bertz CT molecular complexity index is 677. The molecule has 0 saturated heterocycles. The standard InChI is InChI=1S/C20H22O4/c1-5-6-14-7-9-15(10-8-14)13-24-19(22)18-16(20(18,2)3)11-12-17(21)23-4/h1,7-12,16,18H,6,13H2,2-4H3. The molecule has 1 aliphatic rings. The topological polar surface area (TPSA) is 52.6 Å². The van der Waals surface area contributed by atoms with E-state index in [-0.39, 0.29) is 29.8 Å². The first-order valence-corrected chi connectivity index (χ1v) is 7.84. The van der Waals surface area contributed by atoms with Gasteiger partial charge in [-0.05, 0) is 22.5 Å². The molecule has 0 amide bonds. The molecular formula is C20H22O4. The lowest BCUT2D eigenvalue weighted by Gasteiger charge is -2.06. The van der Waals surface area contributed by atoms with Crippen LogP contribution in [0.2, 0.25) is 0 Å². The lowest BCUT2D eigenvalue weighted by molar-refractivity contribution is -0.147. The molecule has 0 aromatic heterocycles. The Morgan fingerprint density at radius 2 is 1.88 bits per heavy atom. The lowest BCUT2D eigenvalue weighted by atomic mass is 10.1. The maximum absolute atomic E-state index is 12.3. The fourth-order valence-corrected chi connectivity index (χ4v) is 2.85. The Balaban J connectivity index is 1.89. The van der Waals surface area contributed by atoms with Gasteiger partial charge in [0.15, 0.2) is 0 Å². The van der Waals surface area contributed by atoms with Crippen LogP contribution in [-0.2, 0) is 32.1 Å². The van der Waals surface area contributed by atoms with Crippen LogP contribution in [0.25, 0.3) is 0 Å². The third-order valence-corrected chi connectivity index (χ3v) is 4.52. The summed E-state index contributed by atoms with van der Waals surface area (Å²) in [4.78, 5) is 23.5. The Kier molecular flexibility index (Phi) is 5.46. The van der Waals surface area contributed by atoms with Crippen molar-refractivity contribution in [2.75, 3.05) is 7.11 Å². The van der Waals surface area contributed by atoms with Crippen LogP contribution in [0.1, 0.15) is 25.0 Å². The second kappa shape index (κ2) is 7.35. The van der Waals surface area contributed by atoms with Crippen molar-refractivity contribution in [3.8, 4) is 12.3 Å². The van der Waals surface area contributed by atoms with Gasteiger partial charge >= 0.3 is 11.9 Å². The third-order valence-electron chi connectivity index (χ3n) is 4.52. The van der Waals surface area contributed by atoms with E-state index in [1.54, 1.807) is 6.08 Å². The number of carbonyl (C=O) groups excluding carboxylic acids is 2. The van der Waals surface area contributed by atoms with Gasteiger partial charge in [0, 0.05) is 12.5 Å². The van der Waals surface area contributed by atoms with Crippen LogP contribution < -0.4 is 0 Å². The molecule has 1 aliphatic carbocycles. The maximum Gasteiger partial charge on any atom is 0.330 e. The second-order valence-corrected chi connectivity index (χ2v) is 6.51. The summed E-state index contributed by atoms with van der Waals surface area (Å²) < 4.78 is 9.99. The largest absolute Gasteiger partial charge is 0.466 e. The van der Waals surface area contributed by atoms with Crippen LogP contribution >= 0.6 is 0 Å². The molecule has 24 heavy (non-hydrogen) atoms. The molecule has 0 bridgehead atoms. The molecule has 0 radical (unpaired) electrons. The number of rotatable bonds is 6. The first-order chi connectivity index (χ1) is 11.4. The summed E-state index contributed by atoms with van der Waals surface area (Å²) in [5.41, 5.74) is 1.77. The maximum atomic E-state index is 12.3. The van der Waals surface area contributed by atoms with Gasteiger partial charge in [-0.25, -0.2) is 4.79 Å². The van der Waals surface area contributed by atoms with Crippen molar-refractivity contribution in [1.82, 2.24) is 0 Å². The van der Waals surface area contributed by atoms with Crippen LogP contribution in [0, 0.1) is 29.6 Å². The van der Waals surface area contributed by atoms with E-state index >= 15 is 0 Å². The molecule has 0 spiro atoms. The third kappa shape index (κ3) is 4.05. The highest BCUT2D eigenvalue weighted by atomic mass is 16.5. The minimum absolute atomic E-state index is 0.0119. The van der Waals surface area contributed by atoms with E-state index in [9.17, 15) is 9.59 Å². The first kappa shape index (κ1) is 17.8. The highest BCUT2D eigenvalue weighted by molar-refractivity contribution is 5.83. The molecule has 0 heterocycles. The molecule has 0 aliphatic heterocycles. The van der Waals surface area contributed by atoms with Crippen molar-refractivity contribution in [1.29, 1.82) is 0 Å². The van der Waals surface area contributed by atoms with Gasteiger partial charge in [0.2, 0.25) is 0 Å². The molecule has 4 heteroatoms. The lowest BCUT2D eigenvalue weighted by Crippen LogP contribution is -2.10. The van der Waals surface area contributed by atoms with Crippen molar-refractivity contribution in [2.24, 2.45) is 17.3 Å². The average molecular weight is 326 g/mol. The van der Waals surface area contributed by atoms with Crippen LogP contribution in [0.3, 0.4) is 0 Å². The molecule has 4 nitrogen and oxygen atoms in total. The normalized spacial score (nSPS) is 21.1. The monoisotopic (exact) mass is 326 g/mol. The zero-order valence-electron chi connectivity index (χ0n) is 14.2. The van der Waals surface area contributed by atoms with Gasteiger partial charge in [0.25, 0.3) is 0 Å². The molecular weight excluding hydrogens is 304 g/mol. The first-order valence-electron chi connectivity index (χ1n) is 7.84. The molecule has 126 valence electrons. The van der Waals surface area contributed by atoms with Gasteiger partial charge in [-0.2, -0.15) is 0 Å². The minimum Gasteiger partial charge on any atom is -0.466 e. The molecule has 1 fully saturated rings. The quantitative estimate of drug-likeness (QED) is 0.458. The summed E-state index contributed by atoms with van der Waals surface area (Å²) >= 11 is 0. The summed E-state index contributed by atoms with van der Waals surface area (Å²) in [5, 5.41) is 0. The number of ether oxygens (including phenoxy) is 2. The smallest absolute Gasteiger partial charge is 0.330 e. The Hall–Kier alpha value is -2.54. The summed E-state index contributed by atoms with van der Waals surface area (Å²) in [6, 6.07) is 7.69. The molecule has 1 saturated carbocycles. The summed E-state index contributed by atoms with van der Waals surface area (Å²) in [5.74, 6) is 1.68. The van der Waals surface area contributed by atoms with Gasteiger partial charge < -0.3 is 9.47 Å². The van der Waals surface area contributed by atoms with Crippen LogP contribution in [0.15, 0.2) is 36.4 Å². The molecule has 2 rings (SSSR count). The number of benzene rings is 1. The number of methoxy groups -OCH3 is 1. The van der Waals surface area contributed by atoms with Gasteiger partial charge in [0.05, 0.1) is 13.0 Å². The summed E-state index contributed by atoms with van der Waals surface area (Å²) in [6.07, 6.45) is 8.96. The predicted molar refractivity (Wildman–Crippen MR) is 90.7 cm³/mol. The molecule has 2 unspecified atom stereocenters. The van der Waals surface area contributed by atoms with Crippen molar-refractivity contribution >= 4 is 11.9 Å². The average Bonchev–Trinajstić information content (AvgIpc) is 3.12. The highest BCUT2D eigenvalue weighted by Gasteiger charge is 2.61. The van der Waals surface area contributed by atoms with E-state index in [0.29, 0.717) is 6.42 Å². The van der Waals surface area contributed by atoms with Crippen molar-refractivity contribution in [2.45, 2.75) is 26.9 Å². The molecule has 1 aromatic rings. The van der Waals surface area contributed by atoms with E-state index in [0.717, 1.165) is 11.1 Å². The van der Waals surface area contributed by atoms with E-state index < -0.39 is 5.97 Å².